The van der Waals surface area contributed by atoms with Crippen molar-refractivity contribution in [1.82, 2.24) is 0 Å². The lowest BCUT2D eigenvalue weighted by Crippen LogP contribution is -2.45. The van der Waals surface area contributed by atoms with E-state index in [0.29, 0.717) is 12.8 Å². The molecule has 3 N–H and O–H groups in total. The van der Waals surface area contributed by atoms with Crippen LogP contribution in [0.5, 0.6) is 0 Å². The fourth-order valence-electron chi connectivity index (χ4n) is 4.72. The standard InChI is InChI=1S/C29H60O3/c1-3-5-7-9-11-13-14-15-16-17-18-20-22-24-26-29(32,27-30)28(31)25-23-21-19-12-10-8-6-4-2/h28,30-32H,3-27H2,1-2H3. The second kappa shape index (κ2) is 24.0. The van der Waals surface area contributed by atoms with Crippen molar-refractivity contribution in [2.45, 2.75) is 180 Å². The van der Waals surface area contributed by atoms with Crippen LogP contribution in [0.3, 0.4) is 0 Å². The van der Waals surface area contributed by atoms with Gasteiger partial charge in [0.2, 0.25) is 0 Å². The summed E-state index contributed by atoms with van der Waals surface area (Å²) in [7, 11) is 0. The zero-order valence-corrected chi connectivity index (χ0v) is 22.1. The molecule has 0 heterocycles. The summed E-state index contributed by atoms with van der Waals surface area (Å²) in [5, 5.41) is 30.8. The highest BCUT2D eigenvalue weighted by molar-refractivity contribution is 4.85. The van der Waals surface area contributed by atoms with Crippen LogP contribution in [0.4, 0.5) is 0 Å². The minimum absolute atomic E-state index is 0.330. The lowest BCUT2D eigenvalue weighted by molar-refractivity contribution is -0.114. The molecule has 2 unspecified atom stereocenters. The van der Waals surface area contributed by atoms with Crippen molar-refractivity contribution in [2.24, 2.45) is 0 Å². The van der Waals surface area contributed by atoms with Crippen LogP contribution < -0.4 is 0 Å². The van der Waals surface area contributed by atoms with Crippen LogP contribution in [0.25, 0.3) is 0 Å². The normalized spacial score (nSPS) is 14.5. The first kappa shape index (κ1) is 31.9. The van der Waals surface area contributed by atoms with Gasteiger partial charge in [-0.25, -0.2) is 0 Å². The molecule has 0 spiro atoms. The molecule has 32 heavy (non-hydrogen) atoms. The van der Waals surface area contributed by atoms with Crippen molar-refractivity contribution in [3.05, 3.63) is 0 Å². The molecule has 0 aromatic carbocycles. The molecule has 0 amide bonds. The van der Waals surface area contributed by atoms with E-state index in [1.54, 1.807) is 0 Å². The zero-order chi connectivity index (χ0) is 23.8. The molecule has 3 nitrogen and oxygen atoms in total. The van der Waals surface area contributed by atoms with E-state index in [-0.39, 0.29) is 6.61 Å². The Kier molecular flexibility index (Phi) is 23.9. The summed E-state index contributed by atoms with van der Waals surface area (Å²) >= 11 is 0. The third kappa shape index (κ3) is 19.4. The maximum Gasteiger partial charge on any atom is 0.113 e. The molecule has 3 heteroatoms. The van der Waals surface area contributed by atoms with Gasteiger partial charge in [0.25, 0.3) is 0 Å². The predicted octanol–water partition coefficient (Wildman–Crippen LogP) is 8.47. The van der Waals surface area contributed by atoms with Crippen molar-refractivity contribution in [2.75, 3.05) is 6.61 Å². The van der Waals surface area contributed by atoms with Gasteiger partial charge in [-0.05, 0) is 12.8 Å². The van der Waals surface area contributed by atoms with Crippen LogP contribution in [-0.2, 0) is 0 Å². The lowest BCUT2D eigenvalue weighted by Gasteiger charge is -2.31. The monoisotopic (exact) mass is 456 g/mol. The third-order valence-electron chi connectivity index (χ3n) is 7.19. The van der Waals surface area contributed by atoms with Gasteiger partial charge in [0.05, 0.1) is 12.7 Å². The van der Waals surface area contributed by atoms with Crippen molar-refractivity contribution in [1.29, 1.82) is 0 Å². The van der Waals surface area contributed by atoms with Crippen LogP contribution in [0, 0.1) is 0 Å². The average Bonchev–Trinajstić information content (AvgIpc) is 2.80. The quantitative estimate of drug-likeness (QED) is 0.114. The second-order valence-electron chi connectivity index (χ2n) is 10.4. The van der Waals surface area contributed by atoms with Crippen LogP contribution in [-0.4, -0.2) is 33.6 Å². The van der Waals surface area contributed by atoms with Crippen LogP contribution in [0.1, 0.15) is 168 Å². The number of aliphatic hydroxyl groups excluding tert-OH is 2. The topological polar surface area (TPSA) is 60.7 Å². The number of hydrogen-bond donors (Lipinski definition) is 3. The molecule has 0 aromatic rings. The summed E-state index contributed by atoms with van der Waals surface area (Å²) < 4.78 is 0. The van der Waals surface area contributed by atoms with E-state index in [1.807, 2.05) is 0 Å². The Hall–Kier alpha value is -0.120. The van der Waals surface area contributed by atoms with E-state index in [9.17, 15) is 15.3 Å². The highest BCUT2D eigenvalue weighted by atomic mass is 16.4. The molecule has 194 valence electrons. The van der Waals surface area contributed by atoms with E-state index >= 15 is 0 Å². The maximum atomic E-state index is 10.7. The highest BCUT2D eigenvalue weighted by Crippen LogP contribution is 2.24. The van der Waals surface area contributed by atoms with E-state index in [0.717, 1.165) is 25.7 Å². The van der Waals surface area contributed by atoms with Crippen LogP contribution in [0.2, 0.25) is 0 Å². The fourth-order valence-corrected chi connectivity index (χ4v) is 4.72. The van der Waals surface area contributed by atoms with E-state index in [1.165, 1.54) is 116 Å². The van der Waals surface area contributed by atoms with Gasteiger partial charge in [-0.3, -0.25) is 0 Å². The second-order valence-corrected chi connectivity index (χ2v) is 10.4. The Bertz CT molecular complexity index is 360. The van der Waals surface area contributed by atoms with Gasteiger partial charge < -0.3 is 15.3 Å². The molecular weight excluding hydrogens is 396 g/mol. The Morgan fingerprint density at radius 3 is 1.16 bits per heavy atom. The largest absolute Gasteiger partial charge is 0.393 e. The molecule has 0 rings (SSSR count). The van der Waals surface area contributed by atoms with Gasteiger partial charge in [0.15, 0.2) is 0 Å². The van der Waals surface area contributed by atoms with Crippen molar-refractivity contribution in [3.63, 3.8) is 0 Å². The Labute approximate surface area is 201 Å². The molecule has 0 aliphatic rings. The van der Waals surface area contributed by atoms with Gasteiger partial charge in [-0.15, -0.1) is 0 Å². The minimum atomic E-state index is -1.31. The first-order valence-electron chi connectivity index (χ1n) is 14.6. The predicted molar refractivity (Wildman–Crippen MR) is 140 cm³/mol. The summed E-state index contributed by atoms with van der Waals surface area (Å²) in [6.07, 6.45) is 28.4. The zero-order valence-electron chi connectivity index (χ0n) is 22.1. The summed E-state index contributed by atoms with van der Waals surface area (Å²) in [6.45, 7) is 4.18. The van der Waals surface area contributed by atoms with Gasteiger partial charge >= 0.3 is 0 Å². The molecule has 2 atom stereocenters. The lowest BCUT2D eigenvalue weighted by atomic mass is 9.87. The number of hydrogen-bond acceptors (Lipinski definition) is 3. The van der Waals surface area contributed by atoms with Gasteiger partial charge in [0.1, 0.15) is 5.60 Å². The summed E-state index contributed by atoms with van der Waals surface area (Å²) in [5.74, 6) is 0. The Morgan fingerprint density at radius 2 is 0.812 bits per heavy atom. The smallest absolute Gasteiger partial charge is 0.113 e. The van der Waals surface area contributed by atoms with Gasteiger partial charge in [0, 0.05) is 0 Å². The summed E-state index contributed by atoms with van der Waals surface area (Å²) in [4.78, 5) is 0. The van der Waals surface area contributed by atoms with Crippen molar-refractivity contribution < 1.29 is 15.3 Å². The number of unbranched alkanes of at least 4 members (excludes halogenated alkanes) is 20. The molecule has 0 aromatic heterocycles. The van der Waals surface area contributed by atoms with E-state index < -0.39 is 11.7 Å². The van der Waals surface area contributed by atoms with E-state index in [2.05, 4.69) is 13.8 Å². The molecule has 0 saturated carbocycles. The Balaban J connectivity index is 3.58. The number of rotatable bonds is 26. The van der Waals surface area contributed by atoms with Crippen LogP contribution >= 0.6 is 0 Å². The molecule has 0 aliphatic heterocycles. The minimum Gasteiger partial charge on any atom is -0.393 e. The third-order valence-corrected chi connectivity index (χ3v) is 7.19. The van der Waals surface area contributed by atoms with Crippen molar-refractivity contribution >= 4 is 0 Å². The first-order chi connectivity index (χ1) is 15.6. The van der Waals surface area contributed by atoms with Gasteiger partial charge in [-0.1, -0.05) is 155 Å². The van der Waals surface area contributed by atoms with E-state index in [4.69, 9.17) is 0 Å². The maximum absolute atomic E-state index is 10.7. The highest BCUT2D eigenvalue weighted by Gasteiger charge is 2.33. The Morgan fingerprint density at radius 1 is 0.500 bits per heavy atom. The average molecular weight is 457 g/mol. The molecular formula is C29H60O3. The van der Waals surface area contributed by atoms with Crippen LogP contribution in [0.15, 0.2) is 0 Å². The molecule has 0 fully saturated rings. The van der Waals surface area contributed by atoms with Crippen molar-refractivity contribution in [3.8, 4) is 0 Å². The molecule has 0 saturated heterocycles. The van der Waals surface area contributed by atoms with Gasteiger partial charge in [-0.2, -0.15) is 0 Å². The summed E-state index contributed by atoms with van der Waals surface area (Å²) in [5.41, 5.74) is -1.31. The first-order valence-corrected chi connectivity index (χ1v) is 14.6. The molecule has 0 bridgehead atoms. The fraction of sp³-hybridized carbons (Fsp3) is 1.00. The summed E-state index contributed by atoms with van der Waals surface area (Å²) in [6, 6.07) is 0. The molecule has 0 aliphatic carbocycles. The SMILES string of the molecule is CCCCCCCCCCCCCCCCC(O)(CO)C(O)CCCCCCCCCC. The number of aliphatic hydroxyl groups is 3. The molecule has 0 radical (unpaired) electrons.